The van der Waals surface area contributed by atoms with Gasteiger partial charge in [-0.05, 0) is 135 Å². The first-order valence-corrected chi connectivity index (χ1v) is 23.4. The summed E-state index contributed by atoms with van der Waals surface area (Å²) in [7, 11) is 0. The lowest BCUT2D eigenvalue weighted by atomic mass is 9.78. The number of fused-ring (bicyclic) bond motifs is 7. The lowest BCUT2D eigenvalue weighted by Crippen LogP contribution is -2.60. The van der Waals surface area contributed by atoms with Gasteiger partial charge in [0.15, 0.2) is 0 Å². The van der Waals surface area contributed by atoms with E-state index < -0.39 is 24.4 Å². The third-order valence-corrected chi connectivity index (χ3v) is 14.4. The van der Waals surface area contributed by atoms with Gasteiger partial charge in [0, 0.05) is 44.4 Å². The molecule has 3 unspecified atom stereocenters. The molecule has 7 rings (SSSR count). The van der Waals surface area contributed by atoms with Gasteiger partial charge in [-0.25, -0.2) is 0 Å². The van der Waals surface area contributed by atoms with Crippen molar-refractivity contribution >= 4 is 11.6 Å². The maximum Gasteiger partial charge on any atom is 0.135 e. The molecule has 346 valence electrons. The van der Waals surface area contributed by atoms with Crippen molar-refractivity contribution in [2.45, 2.75) is 204 Å². The zero-order valence-corrected chi connectivity index (χ0v) is 38.3. The molecule has 18 atom stereocenters. The van der Waals surface area contributed by atoms with E-state index in [-0.39, 0.29) is 116 Å². The van der Waals surface area contributed by atoms with Crippen molar-refractivity contribution in [3.63, 3.8) is 0 Å². The molecule has 0 aliphatic carbocycles. The lowest BCUT2D eigenvalue weighted by molar-refractivity contribution is -0.256. The number of aliphatic hydroxyl groups excluding tert-OH is 3. The number of Topliss-reactive ketones (excluding diaryl/α,β-unsaturated/α-hetero) is 2. The Kier molecular flexibility index (Phi) is 18.3. The van der Waals surface area contributed by atoms with E-state index in [0.717, 1.165) is 36.8 Å². The van der Waals surface area contributed by atoms with E-state index >= 15 is 0 Å². The molecule has 8 bridgehead atoms. The molecule has 0 spiro atoms. The second kappa shape index (κ2) is 23.6. The predicted octanol–water partition coefficient (Wildman–Crippen LogP) is 5.21. The molecular weight excluding hydrogens is 813 g/mol. The first kappa shape index (κ1) is 49.7. The fraction of sp³-hybridized carbons (Fsp3) is 0.698. The molecule has 0 aromatic heterocycles. The summed E-state index contributed by atoms with van der Waals surface area (Å²) in [4.78, 5) is 27.1. The summed E-state index contributed by atoms with van der Waals surface area (Å²) in [6, 6.07) is 0. The molecule has 11 heteroatoms. The van der Waals surface area contributed by atoms with Gasteiger partial charge in [-0.1, -0.05) is 45.8 Å². The number of ether oxygens (including phenoxy) is 6. The first-order chi connectivity index (χ1) is 30.8. The molecular formula is C53H68O11. The normalized spacial score (nSPS) is 40.0. The molecule has 7 heterocycles. The molecule has 7 aliphatic heterocycles. The summed E-state index contributed by atoms with van der Waals surface area (Å²) in [5.74, 6) is 25.8. The fourth-order valence-electron chi connectivity index (χ4n) is 10.7. The average molecular weight is 881 g/mol. The van der Waals surface area contributed by atoms with Crippen LogP contribution >= 0.6 is 0 Å². The van der Waals surface area contributed by atoms with E-state index in [2.05, 4.69) is 86.2 Å². The zero-order valence-electron chi connectivity index (χ0n) is 38.3. The van der Waals surface area contributed by atoms with Crippen LogP contribution in [-0.4, -0.2) is 119 Å². The number of carbonyl (C=O) groups is 2. The van der Waals surface area contributed by atoms with Gasteiger partial charge in [0.05, 0.1) is 73.8 Å². The molecule has 0 radical (unpaired) electrons. The van der Waals surface area contributed by atoms with Crippen LogP contribution in [0.5, 0.6) is 0 Å². The fourth-order valence-corrected chi connectivity index (χ4v) is 10.7. The van der Waals surface area contributed by atoms with Crippen LogP contribution in [0.15, 0.2) is 24.3 Å². The summed E-state index contributed by atoms with van der Waals surface area (Å²) in [6.45, 7) is 18.2. The van der Waals surface area contributed by atoms with Gasteiger partial charge in [0.25, 0.3) is 0 Å². The SMILES string of the molecule is C=C1C[C@@H]2CCC(=O)C[C@@H]3O[C@H]4[C@@H](O)[C@H]5O[C@H](CC[C@@H]5O[C@H]4[C@H]3C)CC(=O)CC3[C@H](CC4O[C@@H](CCC1O2)C[C@@H](C)C4=C)O[C@H](C[C@H](O)CO)[C@@H]3C.CC#CC#CC#CC#CC#CC. The standard InChI is InChI=1S/C41H62O11.C12H6/c1-20-12-29-8-10-32-21(2)13-28(47-32)7-6-25(43)16-35-24(5)39-41(52-35)38(46)40-33(51-39)11-9-30(49-40)14-26(44)15-31-23(4)34(17-27(45)19-42)50-37(31)18-36(48-29)22(20)3;1-3-5-7-9-11-12-10-8-6-4-2/h20,23-24,27-42,45-46H,2-3,6-19H2,1,4-5H3;1-2H3/t20-,23-,24+,27+,28+,29+,30-,31?,32?,33+,34-,35+,36?,37+,38+,39+,40+,41+;/m1./s1. The molecule has 11 nitrogen and oxygen atoms in total. The summed E-state index contributed by atoms with van der Waals surface area (Å²) < 4.78 is 39.1. The summed E-state index contributed by atoms with van der Waals surface area (Å²) in [5, 5.41) is 31.5. The minimum Gasteiger partial charge on any atom is -0.394 e. The number of ketones is 2. The third kappa shape index (κ3) is 12.8. The van der Waals surface area contributed by atoms with Crippen molar-refractivity contribution in [3.05, 3.63) is 24.3 Å². The Morgan fingerprint density at radius 1 is 0.625 bits per heavy atom. The van der Waals surface area contributed by atoms with Gasteiger partial charge in [-0.3, -0.25) is 9.59 Å². The minimum atomic E-state index is -0.922. The van der Waals surface area contributed by atoms with E-state index in [1.165, 1.54) is 0 Å². The largest absolute Gasteiger partial charge is 0.394 e. The van der Waals surface area contributed by atoms with Crippen LogP contribution in [0.3, 0.4) is 0 Å². The average Bonchev–Trinajstić information content (AvgIpc) is 3.89. The number of aliphatic hydroxyl groups is 3. The van der Waals surface area contributed by atoms with E-state index in [4.69, 9.17) is 28.4 Å². The second-order valence-corrected chi connectivity index (χ2v) is 18.8. The molecule has 0 aromatic rings. The molecule has 7 aliphatic rings. The Bertz CT molecular complexity index is 1960. The van der Waals surface area contributed by atoms with Gasteiger partial charge in [0.2, 0.25) is 0 Å². The molecule has 64 heavy (non-hydrogen) atoms. The van der Waals surface area contributed by atoms with E-state index in [0.29, 0.717) is 44.9 Å². The highest BCUT2D eigenvalue weighted by Gasteiger charge is 2.56. The monoisotopic (exact) mass is 880 g/mol. The highest BCUT2D eigenvalue weighted by molar-refractivity contribution is 5.79. The maximum absolute atomic E-state index is 13.8. The van der Waals surface area contributed by atoms with Crippen LogP contribution < -0.4 is 0 Å². The number of hydrogen-bond donors (Lipinski definition) is 3. The molecule has 7 saturated heterocycles. The second-order valence-electron chi connectivity index (χ2n) is 18.8. The van der Waals surface area contributed by atoms with E-state index in [9.17, 15) is 24.9 Å². The number of rotatable bonds is 3. The highest BCUT2D eigenvalue weighted by atomic mass is 16.6. The smallest absolute Gasteiger partial charge is 0.135 e. The Balaban J connectivity index is 0.000000497. The number of carbonyl (C=O) groups excluding carboxylic acids is 2. The third-order valence-electron chi connectivity index (χ3n) is 14.4. The van der Waals surface area contributed by atoms with Crippen molar-refractivity contribution in [3.8, 4) is 59.2 Å². The Morgan fingerprint density at radius 3 is 1.95 bits per heavy atom. The Hall–Kier alpha value is -3.74. The van der Waals surface area contributed by atoms with Gasteiger partial charge in [-0.2, -0.15) is 0 Å². The van der Waals surface area contributed by atoms with Crippen molar-refractivity contribution < 1.29 is 53.3 Å². The molecule has 0 aromatic carbocycles. The van der Waals surface area contributed by atoms with Crippen LogP contribution in [0.25, 0.3) is 0 Å². The van der Waals surface area contributed by atoms with Crippen molar-refractivity contribution in [1.29, 1.82) is 0 Å². The van der Waals surface area contributed by atoms with Crippen molar-refractivity contribution in [2.75, 3.05) is 6.61 Å². The van der Waals surface area contributed by atoms with Gasteiger partial charge in [-0.15, -0.1) is 0 Å². The zero-order chi connectivity index (χ0) is 45.9. The maximum atomic E-state index is 13.8. The van der Waals surface area contributed by atoms with Crippen LogP contribution in [0.4, 0.5) is 0 Å². The van der Waals surface area contributed by atoms with Crippen LogP contribution in [0.1, 0.15) is 118 Å². The van der Waals surface area contributed by atoms with Crippen LogP contribution in [0, 0.1) is 82.9 Å². The summed E-state index contributed by atoms with van der Waals surface area (Å²) >= 11 is 0. The van der Waals surface area contributed by atoms with Crippen LogP contribution in [0.2, 0.25) is 0 Å². The molecule has 0 amide bonds. The lowest BCUT2D eigenvalue weighted by Gasteiger charge is -2.46. The van der Waals surface area contributed by atoms with Gasteiger partial charge >= 0.3 is 0 Å². The highest BCUT2D eigenvalue weighted by Crippen LogP contribution is 2.45. The predicted molar refractivity (Wildman–Crippen MR) is 241 cm³/mol. The Morgan fingerprint density at radius 2 is 1.27 bits per heavy atom. The minimum absolute atomic E-state index is 0.0158. The molecule has 3 N–H and O–H groups in total. The van der Waals surface area contributed by atoms with E-state index in [1.807, 2.05) is 6.92 Å². The van der Waals surface area contributed by atoms with Gasteiger partial charge in [0.1, 0.15) is 29.9 Å². The molecule has 7 fully saturated rings. The number of hydrogen-bond acceptors (Lipinski definition) is 11. The summed E-state index contributed by atoms with van der Waals surface area (Å²) in [6.07, 6.45) is 1.93. The summed E-state index contributed by atoms with van der Waals surface area (Å²) in [5.41, 5.74) is 2.10. The van der Waals surface area contributed by atoms with Crippen LogP contribution in [-0.2, 0) is 38.0 Å². The molecule has 0 saturated carbocycles. The van der Waals surface area contributed by atoms with Gasteiger partial charge < -0.3 is 43.7 Å². The quantitative estimate of drug-likeness (QED) is 0.254. The van der Waals surface area contributed by atoms with Crippen molar-refractivity contribution in [2.24, 2.45) is 23.7 Å². The van der Waals surface area contributed by atoms with E-state index in [1.54, 1.807) is 13.8 Å². The first-order valence-electron chi connectivity index (χ1n) is 23.4. The van der Waals surface area contributed by atoms with Crippen molar-refractivity contribution in [1.82, 2.24) is 0 Å². The topological polar surface area (TPSA) is 150 Å². The Labute approximate surface area is 381 Å².